The normalized spacial score (nSPS) is 17.8. The molecule has 2 amide bonds. The molecule has 0 radical (unpaired) electrons. The van der Waals surface area contributed by atoms with E-state index in [4.69, 9.17) is 4.84 Å². The highest BCUT2D eigenvalue weighted by molar-refractivity contribution is 8.76. The van der Waals surface area contributed by atoms with Crippen LogP contribution in [0.5, 0.6) is 0 Å². The van der Waals surface area contributed by atoms with Gasteiger partial charge in [0.1, 0.15) is 10.3 Å². The van der Waals surface area contributed by atoms with Gasteiger partial charge in [0.15, 0.2) is 0 Å². The third-order valence-electron chi connectivity index (χ3n) is 3.19. The zero-order valence-corrected chi connectivity index (χ0v) is 15.3. The van der Waals surface area contributed by atoms with Gasteiger partial charge in [0.25, 0.3) is 21.9 Å². The molecule has 0 aliphatic carbocycles. The number of hydrogen-bond donors (Lipinski definition) is 2. The second kappa shape index (κ2) is 8.96. The number of pyridine rings is 1. The Morgan fingerprint density at radius 3 is 2.52 bits per heavy atom. The van der Waals surface area contributed by atoms with Crippen molar-refractivity contribution in [1.82, 2.24) is 10.0 Å². The predicted octanol–water partition coefficient (Wildman–Crippen LogP) is 0.867. The molecule has 0 aromatic carbocycles. The number of imide groups is 1. The SMILES string of the molecule is O=C1CCC(=O)N1OC(O)C(CCSSc1ccccn1)S(=O)(=O)O. The summed E-state index contributed by atoms with van der Waals surface area (Å²) in [7, 11) is -2.07. The van der Waals surface area contributed by atoms with Crippen molar-refractivity contribution in [1.29, 1.82) is 0 Å². The minimum atomic E-state index is -4.65. The topological polar surface area (TPSA) is 134 Å². The van der Waals surface area contributed by atoms with Crippen molar-refractivity contribution < 1.29 is 32.5 Å². The average Bonchev–Trinajstić information content (AvgIpc) is 2.86. The lowest BCUT2D eigenvalue weighted by Crippen LogP contribution is -2.43. The van der Waals surface area contributed by atoms with E-state index in [9.17, 15) is 27.7 Å². The molecule has 1 aromatic rings. The third-order valence-corrected chi connectivity index (χ3v) is 6.72. The zero-order chi connectivity index (χ0) is 18.4. The summed E-state index contributed by atoms with van der Waals surface area (Å²) in [5.74, 6) is -1.09. The van der Waals surface area contributed by atoms with Crippen LogP contribution in [0.4, 0.5) is 0 Å². The summed E-state index contributed by atoms with van der Waals surface area (Å²) in [6.07, 6.45) is -0.717. The first-order chi connectivity index (χ1) is 11.8. The summed E-state index contributed by atoms with van der Waals surface area (Å²) in [5, 5.41) is 9.30. The lowest BCUT2D eigenvalue weighted by Gasteiger charge is -2.23. The Hall–Kier alpha value is -1.18. The first-order valence-corrected chi connectivity index (χ1v) is 11.0. The summed E-state index contributed by atoms with van der Waals surface area (Å²) in [5.41, 5.74) is 0. The van der Waals surface area contributed by atoms with Gasteiger partial charge in [-0.1, -0.05) is 16.9 Å². The number of carbonyl (C=O) groups excluding carboxylic acids is 2. The highest BCUT2D eigenvalue weighted by Gasteiger charge is 2.38. The van der Waals surface area contributed by atoms with E-state index >= 15 is 0 Å². The molecule has 9 nitrogen and oxygen atoms in total. The molecule has 0 saturated carbocycles. The molecule has 1 aliphatic rings. The van der Waals surface area contributed by atoms with Gasteiger partial charge >= 0.3 is 0 Å². The van der Waals surface area contributed by atoms with Gasteiger partial charge in [-0.2, -0.15) is 13.5 Å². The molecule has 2 unspecified atom stereocenters. The molecule has 1 aromatic heterocycles. The summed E-state index contributed by atoms with van der Waals surface area (Å²) in [6.45, 7) is 0. The Morgan fingerprint density at radius 1 is 1.28 bits per heavy atom. The van der Waals surface area contributed by atoms with Gasteiger partial charge < -0.3 is 5.11 Å². The maximum Gasteiger partial charge on any atom is 0.272 e. The van der Waals surface area contributed by atoms with E-state index in [-0.39, 0.29) is 25.0 Å². The molecule has 138 valence electrons. The minimum Gasteiger partial charge on any atom is -0.365 e. The van der Waals surface area contributed by atoms with Crippen LogP contribution in [-0.4, -0.2) is 57.2 Å². The van der Waals surface area contributed by atoms with Gasteiger partial charge in [0.05, 0.1) is 0 Å². The largest absolute Gasteiger partial charge is 0.365 e. The first kappa shape index (κ1) is 20.1. The second-order valence-electron chi connectivity index (χ2n) is 4.99. The molecule has 1 fully saturated rings. The smallest absolute Gasteiger partial charge is 0.272 e. The molecule has 1 aliphatic heterocycles. The van der Waals surface area contributed by atoms with Gasteiger partial charge in [0, 0.05) is 24.8 Å². The van der Waals surface area contributed by atoms with Crippen LogP contribution in [0.1, 0.15) is 19.3 Å². The fourth-order valence-corrected chi connectivity index (χ4v) is 4.85. The fraction of sp³-hybridized carbons (Fsp3) is 0.462. The molecule has 25 heavy (non-hydrogen) atoms. The van der Waals surface area contributed by atoms with Crippen molar-refractivity contribution in [3.63, 3.8) is 0 Å². The van der Waals surface area contributed by atoms with E-state index in [0.29, 0.717) is 5.06 Å². The van der Waals surface area contributed by atoms with Crippen molar-refractivity contribution in [2.24, 2.45) is 0 Å². The summed E-state index contributed by atoms with van der Waals surface area (Å²) < 4.78 is 32.2. The number of carbonyl (C=O) groups is 2. The molecular weight excluding hydrogens is 392 g/mol. The van der Waals surface area contributed by atoms with E-state index < -0.39 is 33.5 Å². The molecule has 2 heterocycles. The van der Waals surface area contributed by atoms with Crippen LogP contribution in [-0.2, 0) is 24.5 Å². The predicted molar refractivity (Wildman–Crippen MR) is 90.7 cm³/mol. The average molecular weight is 408 g/mol. The Bertz CT molecular complexity index is 698. The first-order valence-electron chi connectivity index (χ1n) is 7.16. The van der Waals surface area contributed by atoms with Gasteiger partial charge in [-0.05, 0) is 29.3 Å². The molecule has 0 spiro atoms. The van der Waals surface area contributed by atoms with E-state index in [1.807, 2.05) is 0 Å². The third kappa shape index (κ3) is 5.94. The van der Waals surface area contributed by atoms with Crippen molar-refractivity contribution >= 4 is 43.5 Å². The van der Waals surface area contributed by atoms with Crippen molar-refractivity contribution in [3.8, 4) is 0 Å². The molecular formula is C13H16N2O7S3. The van der Waals surface area contributed by atoms with Gasteiger partial charge in [0.2, 0.25) is 6.29 Å². The van der Waals surface area contributed by atoms with E-state index in [2.05, 4.69) is 4.98 Å². The molecule has 12 heteroatoms. The van der Waals surface area contributed by atoms with Crippen LogP contribution in [0.15, 0.2) is 29.4 Å². The Morgan fingerprint density at radius 2 is 1.96 bits per heavy atom. The van der Waals surface area contributed by atoms with Crippen LogP contribution < -0.4 is 0 Å². The lowest BCUT2D eigenvalue weighted by atomic mass is 10.3. The van der Waals surface area contributed by atoms with Crippen molar-refractivity contribution in [2.75, 3.05) is 5.75 Å². The molecule has 2 rings (SSSR count). The van der Waals surface area contributed by atoms with Gasteiger partial charge in [-0.3, -0.25) is 14.1 Å². The molecule has 2 N–H and O–H groups in total. The standard InChI is InChI=1S/C13H16N2O7S3/c16-11-4-5-12(17)15(11)22-13(18)9(25(19,20)21)6-8-23-24-10-3-1-2-7-14-10/h1-3,7,9,13,18H,4-6,8H2,(H,19,20,21). The maximum atomic E-state index is 11.5. The monoisotopic (exact) mass is 408 g/mol. The van der Waals surface area contributed by atoms with Gasteiger partial charge in [-0.15, -0.1) is 0 Å². The highest BCUT2D eigenvalue weighted by Crippen LogP contribution is 2.30. The minimum absolute atomic E-state index is 0.0708. The number of aliphatic hydroxyl groups is 1. The summed E-state index contributed by atoms with van der Waals surface area (Å²) in [6, 6.07) is 5.34. The fourth-order valence-electron chi connectivity index (χ4n) is 1.95. The second-order valence-corrected chi connectivity index (χ2v) is 9.06. The molecule has 2 atom stereocenters. The number of hydrogen-bond acceptors (Lipinski definition) is 9. The van der Waals surface area contributed by atoms with Crippen molar-refractivity contribution in [2.45, 2.75) is 35.8 Å². The zero-order valence-electron chi connectivity index (χ0n) is 12.8. The van der Waals surface area contributed by atoms with Crippen LogP contribution in [0.3, 0.4) is 0 Å². The van der Waals surface area contributed by atoms with Crippen LogP contribution >= 0.6 is 21.6 Å². The van der Waals surface area contributed by atoms with E-state index in [0.717, 1.165) is 5.03 Å². The lowest BCUT2D eigenvalue weighted by molar-refractivity contribution is -0.244. The Labute approximate surface area is 152 Å². The quantitative estimate of drug-likeness (QED) is 0.199. The number of aromatic nitrogens is 1. The number of amides is 2. The van der Waals surface area contributed by atoms with Crippen LogP contribution in [0.25, 0.3) is 0 Å². The Balaban J connectivity index is 1.89. The van der Waals surface area contributed by atoms with E-state index in [1.165, 1.54) is 21.6 Å². The van der Waals surface area contributed by atoms with Crippen LogP contribution in [0, 0.1) is 0 Å². The highest BCUT2D eigenvalue weighted by atomic mass is 33.1. The number of aliphatic hydroxyl groups excluding tert-OH is 1. The summed E-state index contributed by atoms with van der Waals surface area (Å²) >= 11 is 0. The van der Waals surface area contributed by atoms with Crippen LogP contribution in [0.2, 0.25) is 0 Å². The number of nitrogens with zero attached hydrogens (tertiary/aromatic N) is 2. The van der Waals surface area contributed by atoms with Crippen molar-refractivity contribution in [3.05, 3.63) is 24.4 Å². The number of hydroxylamine groups is 2. The summed E-state index contributed by atoms with van der Waals surface area (Å²) in [4.78, 5) is 31.7. The molecule has 1 saturated heterocycles. The Kier molecular flexibility index (Phi) is 7.22. The van der Waals surface area contributed by atoms with Gasteiger partial charge in [-0.25, -0.2) is 9.82 Å². The number of rotatable bonds is 9. The molecule has 0 bridgehead atoms. The van der Waals surface area contributed by atoms with E-state index in [1.54, 1.807) is 24.4 Å². The maximum absolute atomic E-state index is 11.5.